The molecular weight excluding hydrogens is 420 g/mol. The molecule has 1 saturated heterocycles. The summed E-state index contributed by atoms with van der Waals surface area (Å²) in [5, 5.41) is 27.4. The van der Waals surface area contributed by atoms with Gasteiger partial charge in [-0.25, -0.2) is 9.59 Å². The Morgan fingerprint density at radius 1 is 1.18 bits per heavy atom. The third kappa shape index (κ3) is 6.37. The molecule has 3 rings (SSSR count). The number of amides is 3. The van der Waals surface area contributed by atoms with Crippen molar-refractivity contribution in [3.63, 3.8) is 0 Å². The Balaban J connectivity index is 1.55. The molecule has 1 aliphatic rings. The van der Waals surface area contributed by atoms with Gasteiger partial charge < -0.3 is 25.7 Å². The lowest BCUT2D eigenvalue weighted by Crippen LogP contribution is -2.51. The predicted octanol–water partition coefficient (Wildman–Crippen LogP) is 2.64. The first-order chi connectivity index (χ1) is 15.9. The minimum atomic E-state index is -1.06. The maximum absolute atomic E-state index is 11.9. The topological polar surface area (TPSA) is 105 Å². The molecule has 0 aliphatic carbocycles. The number of carbonyl (C=O) groups excluding carboxylic acids is 1. The van der Waals surface area contributed by atoms with Crippen LogP contribution in [-0.4, -0.2) is 77.0 Å². The minimum Gasteiger partial charge on any atom is -0.465 e. The monoisotopic (exact) mass is 452 g/mol. The number of nitrogens with one attached hydrogen (secondary N) is 2. The number of aliphatic hydroxyl groups excluding tert-OH is 1. The molecule has 1 aliphatic heterocycles. The summed E-state index contributed by atoms with van der Waals surface area (Å²) in [7, 11) is 0. The number of piperidine rings is 1. The fraction of sp³-hybridized carbons (Fsp3) is 0.440. The zero-order valence-corrected chi connectivity index (χ0v) is 18.9. The first kappa shape index (κ1) is 24.4. The van der Waals surface area contributed by atoms with Crippen LogP contribution in [-0.2, 0) is 0 Å². The first-order valence-electron chi connectivity index (χ1n) is 11.2. The van der Waals surface area contributed by atoms with Crippen LogP contribution in [0.2, 0.25) is 0 Å². The van der Waals surface area contributed by atoms with Crippen molar-refractivity contribution in [2.45, 2.75) is 38.0 Å². The van der Waals surface area contributed by atoms with Crippen LogP contribution in [0.5, 0.6) is 0 Å². The van der Waals surface area contributed by atoms with Gasteiger partial charge in [-0.05, 0) is 36.1 Å². The number of carboxylic acid groups (broad SMARTS) is 1. The van der Waals surface area contributed by atoms with Crippen molar-refractivity contribution >= 4 is 22.9 Å². The minimum absolute atomic E-state index is 0.0584. The number of hydrogen-bond donors (Lipinski definition) is 4. The molecule has 2 aromatic carbocycles. The molecule has 2 atom stereocenters. The van der Waals surface area contributed by atoms with Gasteiger partial charge in [0.05, 0.1) is 19.2 Å². The largest absolute Gasteiger partial charge is 0.465 e. The summed E-state index contributed by atoms with van der Waals surface area (Å²) < 4.78 is 0. The Bertz CT molecular complexity index is 992. The number of fused-ring (bicyclic) bond motifs is 1. The smallest absolute Gasteiger partial charge is 0.407 e. The lowest BCUT2D eigenvalue weighted by molar-refractivity contribution is 0.0487. The van der Waals surface area contributed by atoms with Crippen molar-refractivity contribution in [2.24, 2.45) is 0 Å². The van der Waals surface area contributed by atoms with E-state index >= 15 is 0 Å². The number of likely N-dealkylation sites (tertiary alicyclic amines) is 1. The Morgan fingerprint density at radius 2 is 1.88 bits per heavy atom. The van der Waals surface area contributed by atoms with Crippen molar-refractivity contribution in [2.75, 3.05) is 32.7 Å². The normalized spacial score (nSPS) is 16.5. The van der Waals surface area contributed by atoms with Crippen LogP contribution in [0, 0.1) is 12.3 Å². The van der Waals surface area contributed by atoms with Crippen LogP contribution >= 0.6 is 0 Å². The lowest BCUT2D eigenvalue weighted by Gasteiger charge is -2.40. The van der Waals surface area contributed by atoms with Gasteiger partial charge in [0.15, 0.2) is 0 Å². The SMILES string of the molecule is C#CCNC(=O)NCC(O)CN(C(=O)O)C1CCN([C@H](C)c2cccc3ccccc23)CC1. The van der Waals surface area contributed by atoms with Gasteiger partial charge in [-0.2, -0.15) is 0 Å². The molecule has 33 heavy (non-hydrogen) atoms. The van der Waals surface area contributed by atoms with Crippen molar-refractivity contribution < 1.29 is 19.8 Å². The van der Waals surface area contributed by atoms with Crippen molar-refractivity contribution in [1.82, 2.24) is 20.4 Å². The zero-order chi connectivity index (χ0) is 23.8. The third-order valence-electron chi connectivity index (χ3n) is 6.26. The molecule has 2 aromatic rings. The average Bonchev–Trinajstić information content (AvgIpc) is 2.84. The van der Waals surface area contributed by atoms with Crippen LogP contribution in [0.4, 0.5) is 9.59 Å². The van der Waals surface area contributed by atoms with E-state index in [4.69, 9.17) is 6.42 Å². The second-order valence-corrected chi connectivity index (χ2v) is 8.37. The van der Waals surface area contributed by atoms with Gasteiger partial charge >= 0.3 is 12.1 Å². The summed E-state index contributed by atoms with van der Waals surface area (Å²) >= 11 is 0. The summed E-state index contributed by atoms with van der Waals surface area (Å²) in [6, 6.07) is 14.2. The summed E-state index contributed by atoms with van der Waals surface area (Å²) in [6.07, 6.45) is 4.38. The second-order valence-electron chi connectivity index (χ2n) is 8.37. The van der Waals surface area contributed by atoms with Crippen molar-refractivity contribution in [3.05, 3.63) is 48.0 Å². The standard InChI is InChI=1S/C25H32N4O4/c1-3-13-26-24(31)27-16-21(30)17-29(25(32)33)20-11-14-28(15-12-20)18(2)22-10-6-8-19-7-4-5-9-23(19)22/h1,4-10,18,20-21,30H,11-17H2,2H3,(H,32,33)(H2,26,27,31)/t18-,21?/m1/s1. The van der Waals surface area contributed by atoms with Crippen LogP contribution in [0.1, 0.15) is 31.4 Å². The summed E-state index contributed by atoms with van der Waals surface area (Å²) in [5.74, 6) is 2.28. The number of benzene rings is 2. The molecular formula is C25H32N4O4. The van der Waals surface area contributed by atoms with Crippen molar-refractivity contribution in [3.8, 4) is 12.3 Å². The van der Waals surface area contributed by atoms with Crippen LogP contribution < -0.4 is 10.6 Å². The highest BCUT2D eigenvalue weighted by Crippen LogP contribution is 2.30. The fourth-order valence-electron chi connectivity index (χ4n) is 4.48. The zero-order valence-electron chi connectivity index (χ0n) is 18.9. The van der Waals surface area contributed by atoms with Crippen LogP contribution in [0.3, 0.4) is 0 Å². The van der Waals surface area contributed by atoms with Gasteiger partial charge in [-0.15, -0.1) is 6.42 Å². The predicted molar refractivity (Wildman–Crippen MR) is 128 cm³/mol. The number of nitrogens with zero attached hydrogens (tertiary/aromatic N) is 2. The maximum Gasteiger partial charge on any atom is 0.407 e. The number of rotatable bonds is 8. The van der Waals surface area contributed by atoms with E-state index in [0.29, 0.717) is 12.8 Å². The Hall–Kier alpha value is -3.28. The second kappa shape index (κ2) is 11.5. The molecule has 176 valence electrons. The molecule has 3 amide bonds. The van der Waals surface area contributed by atoms with Gasteiger partial charge in [-0.3, -0.25) is 4.90 Å². The van der Waals surface area contributed by atoms with E-state index in [2.05, 4.69) is 64.8 Å². The quantitative estimate of drug-likeness (QED) is 0.461. The number of carbonyl (C=O) groups is 2. The Kier molecular flexibility index (Phi) is 8.52. The molecule has 1 fully saturated rings. The highest BCUT2D eigenvalue weighted by Gasteiger charge is 2.31. The molecule has 1 heterocycles. The Morgan fingerprint density at radius 3 is 2.58 bits per heavy atom. The fourth-order valence-corrected chi connectivity index (χ4v) is 4.48. The number of terminal acetylenes is 1. The molecule has 0 saturated carbocycles. The Labute approximate surface area is 194 Å². The molecule has 8 heteroatoms. The van der Waals surface area contributed by atoms with Gasteiger partial charge in [-0.1, -0.05) is 48.4 Å². The van der Waals surface area contributed by atoms with Crippen LogP contribution in [0.15, 0.2) is 42.5 Å². The first-order valence-corrected chi connectivity index (χ1v) is 11.2. The summed E-state index contributed by atoms with van der Waals surface area (Å²) in [5.41, 5.74) is 1.27. The molecule has 4 N–H and O–H groups in total. The van der Waals surface area contributed by atoms with E-state index in [1.807, 2.05) is 6.07 Å². The molecule has 1 unspecified atom stereocenters. The van der Waals surface area contributed by atoms with Gasteiger partial charge in [0, 0.05) is 31.7 Å². The summed E-state index contributed by atoms with van der Waals surface area (Å²) in [4.78, 5) is 27.1. The number of urea groups is 1. The van der Waals surface area contributed by atoms with Crippen molar-refractivity contribution in [1.29, 1.82) is 0 Å². The number of aliphatic hydroxyl groups is 1. The van der Waals surface area contributed by atoms with Gasteiger partial charge in [0.2, 0.25) is 0 Å². The van der Waals surface area contributed by atoms with E-state index in [1.54, 1.807) is 0 Å². The highest BCUT2D eigenvalue weighted by molar-refractivity contribution is 5.86. The van der Waals surface area contributed by atoms with E-state index in [0.717, 1.165) is 13.1 Å². The van der Waals surface area contributed by atoms with E-state index < -0.39 is 18.2 Å². The molecule has 0 radical (unpaired) electrons. The highest BCUT2D eigenvalue weighted by atomic mass is 16.4. The maximum atomic E-state index is 11.9. The number of hydrogen-bond acceptors (Lipinski definition) is 4. The van der Waals surface area contributed by atoms with E-state index in [-0.39, 0.29) is 31.7 Å². The molecule has 0 bridgehead atoms. The molecule has 0 aromatic heterocycles. The molecule has 8 nitrogen and oxygen atoms in total. The third-order valence-corrected chi connectivity index (χ3v) is 6.26. The van der Waals surface area contributed by atoms with Gasteiger partial charge in [0.25, 0.3) is 0 Å². The van der Waals surface area contributed by atoms with Crippen LogP contribution in [0.25, 0.3) is 10.8 Å². The van der Waals surface area contributed by atoms with E-state index in [9.17, 15) is 19.8 Å². The summed E-state index contributed by atoms with van der Waals surface area (Å²) in [6.45, 7) is 3.69. The average molecular weight is 453 g/mol. The molecule has 0 spiro atoms. The lowest BCUT2D eigenvalue weighted by atomic mass is 9.95. The van der Waals surface area contributed by atoms with E-state index in [1.165, 1.54) is 21.2 Å². The van der Waals surface area contributed by atoms with Gasteiger partial charge in [0.1, 0.15) is 0 Å².